The van der Waals surface area contributed by atoms with E-state index in [2.05, 4.69) is 35.8 Å². The fraction of sp³-hybridized carbons (Fsp3) is 0.741. The van der Waals surface area contributed by atoms with Crippen LogP contribution in [-0.2, 0) is 14.3 Å². The van der Waals surface area contributed by atoms with Crippen LogP contribution in [0, 0.1) is 17.3 Å². The summed E-state index contributed by atoms with van der Waals surface area (Å²) >= 11 is 0. The molecule has 7 nitrogen and oxygen atoms in total. The number of ether oxygens (including phenoxy) is 3. The van der Waals surface area contributed by atoms with Crippen LogP contribution in [0.4, 0.5) is 5.69 Å². The maximum Gasteiger partial charge on any atom is 0.310 e. The zero-order valence-electron chi connectivity index (χ0n) is 21.1. The topological polar surface area (TPSA) is 71.5 Å². The molecule has 7 heteroatoms. The van der Waals surface area contributed by atoms with Gasteiger partial charge in [0.05, 0.1) is 24.2 Å². The SMILES string of the molecule is COc1cccc(N2CCN(C[C@H]3C(=O)O[C@@H]4C[C@@]5(C)CCC[C@@](C)(OC)[C@]5(O)C[C@@H]43)CC2)c1. The molecule has 2 saturated heterocycles. The first-order chi connectivity index (χ1) is 16.2. The van der Waals surface area contributed by atoms with Crippen molar-refractivity contribution in [1.82, 2.24) is 4.90 Å². The summed E-state index contributed by atoms with van der Waals surface area (Å²) in [6.07, 6.45) is 4.01. The quantitative estimate of drug-likeness (QED) is 0.661. The summed E-state index contributed by atoms with van der Waals surface area (Å²) in [6, 6.07) is 8.18. The van der Waals surface area contributed by atoms with Gasteiger partial charge in [-0.1, -0.05) is 13.0 Å². The van der Waals surface area contributed by atoms with Gasteiger partial charge in [0.15, 0.2) is 0 Å². The number of hydrogen-bond donors (Lipinski definition) is 1. The molecule has 1 aromatic rings. The summed E-state index contributed by atoms with van der Waals surface area (Å²) in [5.41, 5.74) is -0.673. The molecular formula is C27H40N2O5. The normalized spacial score (nSPS) is 40.4. The molecule has 0 bridgehead atoms. The largest absolute Gasteiger partial charge is 0.497 e. The van der Waals surface area contributed by atoms with Crippen molar-refractivity contribution in [3.8, 4) is 5.75 Å². The molecule has 1 aromatic carbocycles. The number of piperazine rings is 1. The molecule has 0 unspecified atom stereocenters. The molecule has 0 radical (unpaired) electrons. The van der Waals surface area contributed by atoms with Gasteiger partial charge in [-0.15, -0.1) is 0 Å². The van der Waals surface area contributed by atoms with E-state index in [1.807, 2.05) is 12.1 Å². The molecule has 2 heterocycles. The van der Waals surface area contributed by atoms with E-state index in [4.69, 9.17) is 14.2 Å². The second kappa shape index (κ2) is 8.68. The molecule has 2 aliphatic carbocycles. The van der Waals surface area contributed by atoms with E-state index in [1.54, 1.807) is 14.2 Å². The number of fused-ring (bicyclic) bond motifs is 2. The predicted octanol–water partition coefficient (Wildman–Crippen LogP) is 3.10. The third-order valence-electron chi connectivity index (χ3n) is 9.70. The summed E-state index contributed by atoms with van der Waals surface area (Å²) in [5.74, 6) is 0.627. The van der Waals surface area contributed by atoms with E-state index in [0.717, 1.165) is 57.6 Å². The number of hydrogen-bond acceptors (Lipinski definition) is 7. The van der Waals surface area contributed by atoms with Gasteiger partial charge in [-0.2, -0.15) is 0 Å². The minimum atomic E-state index is -0.953. The number of anilines is 1. The second-order valence-electron chi connectivity index (χ2n) is 11.4. The molecule has 2 aliphatic heterocycles. The van der Waals surface area contributed by atoms with Crippen molar-refractivity contribution in [3.63, 3.8) is 0 Å². The van der Waals surface area contributed by atoms with Crippen LogP contribution in [0.15, 0.2) is 24.3 Å². The van der Waals surface area contributed by atoms with Gasteiger partial charge in [0, 0.05) is 62.9 Å². The highest BCUT2D eigenvalue weighted by Gasteiger charge is 2.67. The number of benzene rings is 1. The van der Waals surface area contributed by atoms with Crippen molar-refractivity contribution in [2.24, 2.45) is 17.3 Å². The highest BCUT2D eigenvalue weighted by Crippen LogP contribution is 2.61. The van der Waals surface area contributed by atoms with Crippen LogP contribution in [0.1, 0.15) is 46.0 Å². The zero-order chi connectivity index (χ0) is 24.1. The Morgan fingerprint density at radius 1 is 1.12 bits per heavy atom. The van der Waals surface area contributed by atoms with E-state index in [1.165, 1.54) is 5.69 Å². The Morgan fingerprint density at radius 2 is 1.88 bits per heavy atom. The van der Waals surface area contributed by atoms with Gasteiger partial charge in [0.1, 0.15) is 11.9 Å². The number of esters is 1. The monoisotopic (exact) mass is 472 g/mol. The van der Waals surface area contributed by atoms with Crippen molar-refractivity contribution in [2.45, 2.75) is 63.3 Å². The molecular weight excluding hydrogens is 432 g/mol. The number of methoxy groups -OCH3 is 2. The van der Waals surface area contributed by atoms with Crippen LogP contribution >= 0.6 is 0 Å². The van der Waals surface area contributed by atoms with Crippen LogP contribution in [0.25, 0.3) is 0 Å². The van der Waals surface area contributed by atoms with Crippen molar-refractivity contribution in [3.05, 3.63) is 24.3 Å². The second-order valence-corrected chi connectivity index (χ2v) is 11.4. The molecule has 1 N–H and O–H groups in total. The lowest BCUT2D eigenvalue weighted by Gasteiger charge is -2.62. The average Bonchev–Trinajstić information content (AvgIpc) is 3.12. The molecule has 0 spiro atoms. The molecule has 188 valence electrons. The van der Waals surface area contributed by atoms with Crippen molar-refractivity contribution in [1.29, 1.82) is 0 Å². The Balaban J connectivity index is 1.27. The first kappa shape index (κ1) is 23.9. The summed E-state index contributed by atoms with van der Waals surface area (Å²) in [6.45, 7) is 8.53. The third-order valence-corrected chi connectivity index (χ3v) is 9.70. The Bertz CT molecular complexity index is 918. The summed E-state index contributed by atoms with van der Waals surface area (Å²) < 4.78 is 17.3. The maximum atomic E-state index is 13.0. The summed E-state index contributed by atoms with van der Waals surface area (Å²) in [7, 11) is 3.41. The molecule has 0 amide bonds. The maximum absolute atomic E-state index is 13.0. The minimum Gasteiger partial charge on any atom is -0.497 e. The molecule has 5 rings (SSSR count). The van der Waals surface area contributed by atoms with Crippen molar-refractivity contribution >= 4 is 11.7 Å². The van der Waals surface area contributed by atoms with Gasteiger partial charge in [-0.3, -0.25) is 9.69 Å². The molecule has 6 atom stereocenters. The smallest absolute Gasteiger partial charge is 0.310 e. The Morgan fingerprint density at radius 3 is 2.59 bits per heavy atom. The highest BCUT2D eigenvalue weighted by atomic mass is 16.6. The predicted molar refractivity (Wildman–Crippen MR) is 130 cm³/mol. The first-order valence-electron chi connectivity index (χ1n) is 12.8. The number of carbonyl (C=O) groups excluding carboxylic acids is 1. The Kier molecular flexibility index (Phi) is 6.10. The van der Waals surface area contributed by atoms with Crippen LogP contribution in [-0.4, -0.2) is 80.2 Å². The lowest BCUT2D eigenvalue weighted by molar-refractivity contribution is -0.270. The molecule has 0 aromatic heterocycles. The molecule has 4 fully saturated rings. The Hall–Kier alpha value is -1.83. The lowest BCUT2D eigenvalue weighted by atomic mass is 9.49. The van der Waals surface area contributed by atoms with E-state index in [-0.39, 0.29) is 29.3 Å². The number of aliphatic hydroxyl groups is 1. The summed E-state index contributed by atoms with van der Waals surface area (Å²) in [5, 5.41) is 12.1. The molecule has 2 saturated carbocycles. The van der Waals surface area contributed by atoms with E-state index in [9.17, 15) is 9.90 Å². The van der Waals surface area contributed by atoms with E-state index in [0.29, 0.717) is 13.0 Å². The minimum absolute atomic E-state index is 0.0366. The van der Waals surface area contributed by atoms with Gasteiger partial charge in [-0.05, 0) is 51.2 Å². The Labute approximate surface area is 203 Å². The lowest BCUT2D eigenvalue weighted by Crippen LogP contribution is -2.69. The number of rotatable bonds is 5. The summed E-state index contributed by atoms with van der Waals surface area (Å²) in [4.78, 5) is 17.8. The fourth-order valence-electron chi connectivity index (χ4n) is 7.37. The zero-order valence-corrected chi connectivity index (χ0v) is 21.1. The first-order valence-corrected chi connectivity index (χ1v) is 12.8. The average molecular weight is 473 g/mol. The van der Waals surface area contributed by atoms with Gasteiger partial charge < -0.3 is 24.2 Å². The van der Waals surface area contributed by atoms with E-state index >= 15 is 0 Å². The highest BCUT2D eigenvalue weighted by molar-refractivity contribution is 5.75. The van der Waals surface area contributed by atoms with Crippen molar-refractivity contribution < 1.29 is 24.1 Å². The standard InChI is InChI=1S/C27H40N2O5/c1-25-9-6-10-26(2,33-4)27(25,31)16-21-22(24(30)34-23(21)17-25)18-28-11-13-29(14-12-28)19-7-5-8-20(15-19)32-3/h5,7-8,15,21-23,31H,6,9-14,16-18H2,1-4H3/t21-,22-,23-,25-,26-,27+/m1/s1. The van der Waals surface area contributed by atoms with Gasteiger partial charge in [0.25, 0.3) is 0 Å². The number of nitrogens with zero attached hydrogens (tertiary/aromatic N) is 2. The van der Waals surface area contributed by atoms with E-state index < -0.39 is 11.2 Å². The van der Waals surface area contributed by atoms with Gasteiger partial charge in [-0.25, -0.2) is 0 Å². The van der Waals surface area contributed by atoms with Crippen LogP contribution in [0.2, 0.25) is 0 Å². The van der Waals surface area contributed by atoms with Gasteiger partial charge >= 0.3 is 5.97 Å². The van der Waals surface area contributed by atoms with Crippen LogP contribution < -0.4 is 9.64 Å². The van der Waals surface area contributed by atoms with Crippen LogP contribution in [0.5, 0.6) is 5.75 Å². The van der Waals surface area contributed by atoms with Crippen molar-refractivity contribution in [2.75, 3.05) is 51.8 Å². The number of carbonyl (C=O) groups is 1. The fourth-order valence-corrected chi connectivity index (χ4v) is 7.37. The van der Waals surface area contributed by atoms with Crippen LogP contribution in [0.3, 0.4) is 0 Å². The molecule has 34 heavy (non-hydrogen) atoms. The molecule has 4 aliphatic rings. The third kappa shape index (κ3) is 3.71. The van der Waals surface area contributed by atoms with Gasteiger partial charge in [0.2, 0.25) is 0 Å².